The third-order valence-electron chi connectivity index (χ3n) is 6.90. The zero-order chi connectivity index (χ0) is 32.4. The molecule has 2 heterocycles. The van der Waals surface area contributed by atoms with Crippen molar-refractivity contribution in [2.75, 3.05) is 13.4 Å². The van der Waals surface area contributed by atoms with Gasteiger partial charge in [-0.25, -0.2) is 4.98 Å². The van der Waals surface area contributed by atoms with Gasteiger partial charge in [-0.05, 0) is 55.0 Å². The minimum absolute atomic E-state index is 0.0110. The van der Waals surface area contributed by atoms with Crippen molar-refractivity contribution in [1.82, 2.24) is 9.66 Å². The Labute approximate surface area is 258 Å². The zero-order valence-corrected chi connectivity index (χ0v) is 24.0. The molecule has 0 fully saturated rings. The summed E-state index contributed by atoms with van der Waals surface area (Å²) in [6, 6.07) is 18.4. The van der Waals surface area contributed by atoms with Crippen LogP contribution in [0, 0.1) is 10.1 Å². The van der Waals surface area contributed by atoms with Crippen LogP contribution < -0.4 is 24.5 Å². The Morgan fingerprint density at radius 3 is 2.61 bits per heavy atom. The van der Waals surface area contributed by atoms with Crippen molar-refractivity contribution in [2.24, 2.45) is 5.10 Å². The minimum Gasteiger partial charge on any atom is -0.490 e. The maximum Gasteiger partial charge on any atom is 0.416 e. The van der Waals surface area contributed by atoms with Gasteiger partial charge in [0.25, 0.3) is 5.56 Å². The summed E-state index contributed by atoms with van der Waals surface area (Å²) in [4.78, 5) is 29.5. The predicted octanol–water partition coefficient (Wildman–Crippen LogP) is 6.58. The van der Waals surface area contributed by atoms with Gasteiger partial charge < -0.3 is 18.9 Å². The highest BCUT2D eigenvalue weighted by Gasteiger charge is 2.31. The van der Waals surface area contributed by atoms with Gasteiger partial charge in [-0.1, -0.05) is 30.3 Å². The quantitative estimate of drug-likeness (QED) is 0.101. The molecule has 6 rings (SSSR count). The second kappa shape index (κ2) is 12.2. The Morgan fingerprint density at radius 2 is 1.83 bits per heavy atom. The molecule has 0 N–H and O–H groups in total. The Morgan fingerprint density at radius 1 is 1.02 bits per heavy atom. The molecule has 1 aliphatic heterocycles. The summed E-state index contributed by atoms with van der Waals surface area (Å²) < 4.78 is 63.6. The van der Waals surface area contributed by atoms with Crippen LogP contribution in [-0.4, -0.2) is 34.2 Å². The lowest BCUT2D eigenvalue weighted by Gasteiger charge is -2.14. The van der Waals surface area contributed by atoms with Gasteiger partial charge >= 0.3 is 11.9 Å². The van der Waals surface area contributed by atoms with E-state index in [1.807, 2.05) is 0 Å². The van der Waals surface area contributed by atoms with Crippen LogP contribution in [0.3, 0.4) is 0 Å². The van der Waals surface area contributed by atoms with Crippen molar-refractivity contribution in [3.8, 4) is 34.4 Å². The van der Waals surface area contributed by atoms with Crippen LogP contribution in [0.15, 0.2) is 88.8 Å². The number of halogens is 3. The number of hydrogen-bond donors (Lipinski definition) is 0. The fourth-order valence-electron chi connectivity index (χ4n) is 4.79. The first-order valence-electron chi connectivity index (χ1n) is 13.8. The summed E-state index contributed by atoms with van der Waals surface area (Å²) in [5.41, 5.74) is -0.964. The molecule has 0 unspecified atom stereocenters. The zero-order valence-electron chi connectivity index (χ0n) is 24.0. The fourth-order valence-corrected chi connectivity index (χ4v) is 4.79. The summed E-state index contributed by atoms with van der Waals surface area (Å²) in [6.45, 7) is 1.87. The van der Waals surface area contributed by atoms with Crippen LogP contribution in [0.25, 0.3) is 22.3 Å². The van der Waals surface area contributed by atoms with Crippen molar-refractivity contribution in [1.29, 1.82) is 0 Å². The molecule has 234 valence electrons. The smallest absolute Gasteiger partial charge is 0.416 e. The lowest BCUT2D eigenvalue weighted by atomic mass is 10.1. The molecule has 0 saturated carbocycles. The molecule has 14 heteroatoms. The maximum atomic E-state index is 13.5. The normalized spacial score (nSPS) is 12.5. The summed E-state index contributed by atoms with van der Waals surface area (Å²) >= 11 is 0. The van der Waals surface area contributed by atoms with Crippen molar-refractivity contribution in [2.45, 2.75) is 19.7 Å². The average molecular weight is 633 g/mol. The van der Waals surface area contributed by atoms with Crippen molar-refractivity contribution in [3.05, 3.63) is 116 Å². The van der Waals surface area contributed by atoms with Gasteiger partial charge in [0.1, 0.15) is 6.61 Å². The number of ether oxygens (including phenoxy) is 4. The van der Waals surface area contributed by atoms with E-state index in [4.69, 9.17) is 18.9 Å². The number of alkyl halides is 3. The molecule has 1 aliphatic rings. The van der Waals surface area contributed by atoms with E-state index in [0.717, 1.165) is 23.0 Å². The third kappa shape index (κ3) is 6.04. The molecule has 1 aromatic heterocycles. The molecule has 0 spiro atoms. The number of fused-ring (bicyclic) bond motifs is 2. The fraction of sp³-hybridized carbons (Fsp3) is 0.156. The highest BCUT2D eigenvalue weighted by atomic mass is 19.4. The van der Waals surface area contributed by atoms with Gasteiger partial charge in [-0.3, -0.25) is 14.9 Å². The molecule has 0 bridgehead atoms. The highest BCUT2D eigenvalue weighted by molar-refractivity contribution is 5.84. The molecule has 0 radical (unpaired) electrons. The Balaban J connectivity index is 1.41. The summed E-state index contributed by atoms with van der Waals surface area (Å²) in [7, 11) is 0. The topological polar surface area (TPSA) is 127 Å². The van der Waals surface area contributed by atoms with E-state index in [9.17, 15) is 28.1 Å². The molecule has 0 amide bonds. The monoisotopic (exact) mass is 632 g/mol. The van der Waals surface area contributed by atoms with Crippen molar-refractivity contribution >= 4 is 22.8 Å². The molecule has 4 aromatic carbocycles. The molecule has 0 atom stereocenters. The molecule has 0 saturated heterocycles. The summed E-state index contributed by atoms with van der Waals surface area (Å²) in [5, 5.41) is 16.6. The van der Waals surface area contributed by atoms with Gasteiger partial charge in [-0.2, -0.15) is 22.9 Å². The lowest BCUT2D eigenvalue weighted by molar-refractivity contribution is -0.386. The number of rotatable bonds is 9. The second-order valence-electron chi connectivity index (χ2n) is 9.93. The van der Waals surface area contributed by atoms with Crippen LogP contribution in [0.5, 0.6) is 23.0 Å². The number of hydrogen-bond acceptors (Lipinski definition) is 9. The number of nitrogens with zero attached hydrogens (tertiary/aromatic N) is 4. The maximum absolute atomic E-state index is 13.5. The first-order chi connectivity index (χ1) is 22.1. The van der Waals surface area contributed by atoms with Gasteiger partial charge in [0, 0.05) is 17.2 Å². The molecule has 11 nitrogen and oxygen atoms in total. The van der Waals surface area contributed by atoms with Gasteiger partial charge in [0.15, 0.2) is 23.1 Å². The first kappa shape index (κ1) is 30.1. The standard InChI is InChI=1S/C32H23F3N4O7/c1-2-43-28-14-20(12-25(39(41)42)29(28)44-17-19-10-11-26-27(13-19)46-18-45-26)16-36-38-30(21-6-5-7-22(15-21)32(33,34)35)37-24-9-4-3-8-23(24)31(38)40/h3-16H,2,17-18H2,1H3. The first-order valence-corrected chi connectivity index (χ1v) is 13.8. The van der Waals surface area contributed by atoms with Crippen molar-refractivity contribution in [3.63, 3.8) is 0 Å². The Bertz CT molecular complexity index is 2060. The molecule has 5 aromatic rings. The van der Waals surface area contributed by atoms with E-state index < -0.39 is 27.9 Å². The largest absolute Gasteiger partial charge is 0.490 e. The number of benzene rings is 4. The number of nitro benzene ring substituents is 1. The predicted molar refractivity (Wildman–Crippen MR) is 161 cm³/mol. The van der Waals surface area contributed by atoms with E-state index in [-0.39, 0.29) is 59.4 Å². The van der Waals surface area contributed by atoms with E-state index in [2.05, 4.69) is 10.1 Å². The van der Waals surface area contributed by atoms with E-state index in [1.165, 1.54) is 30.3 Å². The molecular formula is C32H23F3N4O7. The SMILES string of the molecule is CCOc1cc(C=Nn2c(-c3cccc(C(F)(F)F)c3)nc3ccccc3c2=O)cc([N+](=O)[O-])c1OCc1ccc2c(c1)OCO2. The van der Waals surface area contributed by atoms with Crippen LogP contribution >= 0.6 is 0 Å². The minimum atomic E-state index is -4.64. The lowest BCUT2D eigenvalue weighted by Crippen LogP contribution is -2.20. The van der Waals surface area contributed by atoms with Crippen molar-refractivity contribution < 1.29 is 37.0 Å². The van der Waals surface area contributed by atoms with E-state index in [0.29, 0.717) is 17.1 Å². The average Bonchev–Trinajstić information content (AvgIpc) is 3.51. The number of nitro groups is 1. The third-order valence-corrected chi connectivity index (χ3v) is 6.90. The van der Waals surface area contributed by atoms with E-state index in [1.54, 1.807) is 43.3 Å². The van der Waals surface area contributed by atoms with Crippen LogP contribution in [0.2, 0.25) is 0 Å². The highest BCUT2D eigenvalue weighted by Crippen LogP contribution is 2.40. The van der Waals surface area contributed by atoms with Gasteiger partial charge in [0.05, 0.1) is 34.2 Å². The number of para-hydroxylation sites is 1. The van der Waals surface area contributed by atoms with Gasteiger partial charge in [0.2, 0.25) is 12.5 Å². The van der Waals surface area contributed by atoms with Gasteiger partial charge in [-0.15, -0.1) is 0 Å². The Kier molecular flexibility index (Phi) is 8.01. The van der Waals surface area contributed by atoms with E-state index >= 15 is 0 Å². The summed E-state index contributed by atoms with van der Waals surface area (Å²) in [6.07, 6.45) is -3.48. The molecule has 0 aliphatic carbocycles. The van der Waals surface area contributed by atoms with Crippen LogP contribution in [0.4, 0.5) is 18.9 Å². The van der Waals surface area contributed by atoms with Crippen LogP contribution in [0.1, 0.15) is 23.6 Å². The Hall–Kier alpha value is -5.92. The number of aromatic nitrogens is 2. The molecular weight excluding hydrogens is 609 g/mol. The summed E-state index contributed by atoms with van der Waals surface area (Å²) in [5.74, 6) is 0.853. The van der Waals surface area contributed by atoms with Crippen LogP contribution in [-0.2, 0) is 12.8 Å². The molecule has 46 heavy (non-hydrogen) atoms. The second-order valence-corrected chi connectivity index (χ2v) is 9.93.